The van der Waals surface area contributed by atoms with E-state index in [1.807, 2.05) is 24.3 Å². The molecule has 5 heteroatoms. The van der Waals surface area contributed by atoms with Crippen LogP contribution in [0.5, 0.6) is 11.6 Å². The van der Waals surface area contributed by atoms with Crippen LogP contribution in [0.25, 0.3) is 11.0 Å². The van der Waals surface area contributed by atoms with Crippen molar-refractivity contribution in [1.29, 1.82) is 0 Å². The number of ether oxygens (including phenoxy) is 1. The highest BCUT2D eigenvalue weighted by Gasteiger charge is 2.14. The summed E-state index contributed by atoms with van der Waals surface area (Å²) in [6, 6.07) is 12.5. The Labute approximate surface area is 126 Å². The van der Waals surface area contributed by atoms with Gasteiger partial charge in [-0.3, -0.25) is 4.79 Å². The van der Waals surface area contributed by atoms with Crippen molar-refractivity contribution in [2.45, 2.75) is 6.92 Å². The van der Waals surface area contributed by atoms with Gasteiger partial charge in [-0.15, -0.1) is 0 Å². The molecule has 0 atom stereocenters. The van der Waals surface area contributed by atoms with Crippen molar-refractivity contribution in [1.82, 2.24) is 9.97 Å². The maximum absolute atomic E-state index is 11.7. The zero-order chi connectivity index (χ0) is 14.8. The minimum atomic E-state index is -0.163. The summed E-state index contributed by atoms with van der Waals surface area (Å²) in [4.78, 5) is 20.3. The quantitative estimate of drug-likeness (QED) is 0.677. The molecule has 0 saturated carbocycles. The van der Waals surface area contributed by atoms with Crippen LogP contribution in [0.1, 0.15) is 17.3 Å². The van der Waals surface area contributed by atoms with Gasteiger partial charge in [0.15, 0.2) is 5.78 Å². The summed E-state index contributed by atoms with van der Waals surface area (Å²) in [5.41, 5.74) is 1.85. The summed E-state index contributed by atoms with van der Waals surface area (Å²) in [6.07, 6.45) is 1.52. The van der Waals surface area contributed by atoms with Crippen molar-refractivity contribution in [3.05, 3.63) is 59.2 Å². The molecule has 0 amide bonds. The van der Waals surface area contributed by atoms with E-state index in [4.69, 9.17) is 16.3 Å². The number of halogens is 1. The largest absolute Gasteiger partial charge is 0.437 e. The second kappa shape index (κ2) is 5.50. The van der Waals surface area contributed by atoms with Gasteiger partial charge in [-0.05, 0) is 31.2 Å². The first-order valence-corrected chi connectivity index (χ1v) is 6.72. The number of rotatable bonds is 3. The van der Waals surface area contributed by atoms with Crippen LogP contribution in [0.3, 0.4) is 0 Å². The Morgan fingerprint density at radius 2 is 1.86 bits per heavy atom. The first-order chi connectivity index (χ1) is 10.1. The number of carbonyl (C=O) groups is 1. The molecule has 0 bridgehead atoms. The van der Waals surface area contributed by atoms with E-state index < -0.39 is 0 Å². The lowest BCUT2D eigenvalue weighted by Crippen LogP contribution is -1.99. The van der Waals surface area contributed by atoms with E-state index in [1.165, 1.54) is 13.1 Å². The molecule has 0 saturated heterocycles. The van der Waals surface area contributed by atoms with E-state index in [2.05, 4.69) is 9.97 Å². The molecule has 3 rings (SSSR count). The van der Waals surface area contributed by atoms with E-state index in [0.717, 1.165) is 11.0 Å². The Hall–Kier alpha value is -2.46. The monoisotopic (exact) mass is 298 g/mol. The average molecular weight is 299 g/mol. The number of hydrogen-bond acceptors (Lipinski definition) is 4. The van der Waals surface area contributed by atoms with Crippen LogP contribution in [0.4, 0.5) is 0 Å². The lowest BCUT2D eigenvalue weighted by Gasteiger charge is -2.10. The normalized spacial score (nSPS) is 10.6. The second-order valence-electron chi connectivity index (χ2n) is 4.47. The predicted molar refractivity (Wildman–Crippen MR) is 81.1 cm³/mol. The standard InChI is InChI=1S/C16H11ClN2O2/c1-10(20)16-11(17)5-4-8-14(16)21-15-9-18-12-6-2-3-7-13(12)19-15/h2-9H,1H3. The number of ketones is 1. The maximum atomic E-state index is 11.7. The fourth-order valence-electron chi connectivity index (χ4n) is 2.03. The summed E-state index contributed by atoms with van der Waals surface area (Å²) in [5.74, 6) is 0.530. The summed E-state index contributed by atoms with van der Waals surface area (Å²) in [7, 11) is 0. The molecule has 0 N–H and O–H groups in total. The zero-order valence-electron chi connectivity index (χ0n) is 11.2. The number of nitrogens with zero attached hydrogens (tertiary/aromatic N) is 2. The van der Waals surface area contributed by atoms with Gasteiger partial charge in [-0.1, -0.05) is 29.8 Å². The van der Waals surface area contributed by atoms with Crippen LogP contribution in [0.15, 0.2) is 48.7 Å². The highest BCUT2D eigenvalue weighted by atomic mass is 35.5. The van der Waals surface area contributed by atoms with Gasteiger partial charge in [0.25, 0.3) is 0 Å². The van der Waals surface area contributed by atoms with Crippen LogP contribution < -0.4 is 4.74 Å². The number of para-hydroxylation sites is 2. The van der Waals surface area contributed by atoms with E-state index in [-0.39, 0.29) is 5.78 Å². The van der Waals surface area contributed by atoms with Crippen LogP contribution in [-0.2, 0) is 0 Å². The van der Waals surface area contributed by atoms with Crippen molar-refractivity contribution in [3.8, 4) is 11.6 Å². The molecule has 0 spiro atoms. The second-order valence-corrected chi connectivity index (χ2v) is 4.88. The highest BCUT2D eigenvalue weighted by molar-refractivity contribution is 6.34. The topological polar surface area (TPSA) is 52.1 Å². The smallest absolute Gasteiger partial charge is 0.238 e. The summed E-state index contributed by atoms with van der Waals surface area (Å²) < 4.78 is 5.68. The summed E-state index contributed by atoms with van der Waals surface area (Å²) in [6.45, 7) is 1.44. The van der Waals surface area contributed by atoms with Gasteiger partial charge in [0.05, 0.1) is 27.8 Å². The molecule has 0 fully saturated rings. The number of benzene rings is 2. The molecule has 0 aliphatic heterocycles. The molecule has 21 heavy (non-hydrogen) atoms. The number of Topliss-reactive ketones (excluding diaryl/α,β-unsaturated/α-hetero) is 1. The van der Waals surface area contributed by atoms with Gasteiger partial charge in [-0.2, -0.15) is 0 Å². The molecule has 104 valence electrons. The van der Waals surface area contributed by atoms with E-state index >= 15 is 0 Å². The molecule has 4 nitrogen and oxygen atoms in total. The van der Waals surface area contributed by atoms with Crippen molar-refractivity contribution in [3.63, 3.8) is 0 Å². The van der Waals surface area contributed by atoms with Gasteiger partial charge in [0.2, 0.25) is 5.88 Å². The van der Waals surface area contributed by atoms with Crippen LogP contribution in [-0.4, -0.2) is 15.8 Å². The molecule has 0 aliphatic carbocycles. The van der Waals surface area contributed by atoms with Crippen molar-refractivity contribution < 1.29 is 9.53 Å². The fraction of sp³-hybridized carbons (Fsp3) is 0.0625. The fourth-order valence-corrected chi connectivity index (χ4v) is 2.33. The van der Waals surface area contributed by atoms with E-state index in [9.17, 15) is 4.79 Å². The van der Waals surface area contributed by atoms with E-state index in [0.29, 0.717) is 22.2 Å². The molecule has 3 aromatic rings. The molecule has 0 aliphatic rings. The molecule has 1 aromatic heterocycles. The third-order valence-electron chi connectivity index (χ3n) is 2.97. The van der Waals surface area contributed by atoms with Crippen molar-refractivity contribution >= 4 is 28.4 Å². The van der Waals surface area contributed by atoms with Gasteiger partial charge in [-0.25, -0.2) is 9.97 Å². The predicted octanol–water partition coefficient (Wildman–Crippen LogP) is 4.28. The van der Waals surface area contributed by atoms with Crippen LogP contribution in [0.2, 0.25) is 5.02 Å². The maximum Gasteiger partial charge on any atom is 0.238 e. The number of hydrogen-bond donors (Lipinski definition) is 0. The molecule has 0 unspecified atom stereocenters. The highest BCUT2D eigenvalue weighted by Crippen LogP contribution is 2.30. The minimum Gasteiger partial charge on any atom is -0.437 e. The Balaban J connectivity index is 2.02. The van der Waals surface area contributed by atoms with Crippen molar-refractivity contribution in [2.75, 3.05) is 0 Å². The SMILES string of the molecule is CC(=O)c1c(Cl)cccc1Oc1cnc2ccccc2n1. The Kier molecular flexibility index (Phi) is 3.54. The number of carbonyl (C=O) groups excluding carboxylic acids is 1. The molecular weight excluding hydrogens is 288 g/mol. The van der Waals surface area contributed by atoms with Gasteiger partial charge >= 0.3 is 0 Å². The number of aromatic nitrogens is 2. The minimum absolute atomic E-state index is 0.163. The van der Waals surface area contributed by atoms with Gasteiger partial charge in [0.1, 0.15) is 5.75 Å². The van der Waals surface area contributed by atoms with E-state index in [1.54, 1.807) is 18.2 Å². The average Bonchev–Trinajstić information content (AvgIpc) is 2.47. The lowest BCUT2D eigenvalue weighted by atomic mass is 10.1. The summed E-state index contributed by atoms with van der Waals surface area (Å²) >= 11 is 6.05. The summed E-state index contributed by atoms with van der Waals surface area (Å²) in [5, 5.41) is 0.355. The first kappa shape index (κ1) is 13.5. The Bertz CT molecular complexity index is 833. The molecule has 2 aromatic carbocycles. The third-order valence-corrected chi connectivity index (χ3v) is 3.28. The Morgan fingerprint density at radius 3 is 2.62 bits per heavy atom. The third kappa shape index (κ3) is 2.71. The Morgan fingerprint density at radius 1 is 1.10 bits per heavy atom. The van der Waals surface area contributed by atoms with Crippen LogP contribution >= 0.6 is 11.6 Å². The zero-order valence-corrected chi connectivity index (χ0v) is 12.0. The first-order valence-electron chi connectivity index (χ1n) is 6.34. The number of fused-ring (bicyclic) bond motifs is 1. The lowest BCUT2D eigenvalue weighted by molar-refractivity contribution is 0.101. The van der Waals surface area contributed by atoms with Crippen LogP contribution in [0, 0.1) is 0 Å². The van der Waals surface area contributed by atoms with Crippen molar-refractivity contribution in [2.24, 2.45) is 0 Å². The molecule has 0 radical (unpaired) electrons. The van der Waals surface area contributed by atoms with Gasteiger partial charge < -0.3 is 4.74 Å². The molecule has 1 heterocycles. The van der Waals surface area contributed by atoms with Gasteiger partial charge in [0, 0.05) is 0 Å². The molecular formula is C16H11ClN2O2.